The molecule has 96 valence electrons. The quantitative estimate of drug-likeness (QED) is 0.723. The maximum absolute atomic E-state index is 11.7. The van der Waals surface area contributed by atoms with E-state index in [2.05, 4.69) is 10.1 Å². The summed E-state index contributed by atoms with van der Waals surface area (Å²) < 4.78 is 6.46. The molecule has 3 N–H and O–H groups in total. The van der Waals surface area contributed by atoms with Crippen molar-refractivity contribution in [2.45, 2.75) is 0 Å². The van der Waals surface area contributed by atoms with Crippen LogP contribution in [0.2, 0.25) is 0 Å². The van der Waals surface area contributed by atoms with E-state index in [1.54, 1.807) is 13.2 Å². The van der Waals surface area contributed by atoms with Crippen LogP contribution in [-0.4, -0.2) is 21.7 Å². The fraction of sp³-hybridized carbons (Fsp3) is 0.0769. The molecular formula is C13H12N4O2. The van der Waals surface area contributed by atoms with Crippen LogP contribution in [0.3, 0.4) is 0 Å². The standard InChI is InChI=1S/C13H12N4O2/c1-19-9-4-2-8(3-5-9)10-6-12-15-11(14)7-13(18)17(12)16-10/h2-7,16H,14H2,1H3. The lowest BCUT2D eigenvalue weighted by Gasteiger charge is -2.00. The zero-order valence-corrected chi connectivity index (χ0v) is 10.3. The lowest BCUT2D eigenvalue weighted by atomic mass is 10.1. The Hall–Kier alpha value is -2.76. The van der Waals surface area contributed by atoms with Gasteiger partial charge in [-0.3, -0.25) is 9.89 Å². The highest BCUT2D eigenvalue weighted by Crippen LogP contribution is 2.21. The number of hydrogen-bond acceptors (Lipinski definition) is 4. The van der Waals surface area contributed by atoms with Gasteiger partial charge in [0.05, 0.1) is 12.8 Å². The molecule has 19 heavy (non-hydrogen) atoms. The number of ether oxygens (including phenoxy) is 1. The Morgan fingerprint density at radius 2 is 2.00 bits per heavy atom. The summed E-state index contributed by atoms with van der Waals surface area (Å²) in [5.41, 5.74) is 7.54. The lowest BCUT2D eigenvalue weighted by Crippen LogP contribution is -2.14. The van der Waals surface area contributed by atoms with Gasteiger partial charge in [-0.15, -0.1) is 0 Å². The smallest absolute Gasteiger partial charge is 0.274 e. The largest absolute Gasteiger partial charge is 0.497 e. The average molecular weight is 256 g/mol. The zero-order chi connectivity index (χ0) is 13.4. The maximum atomic E-state index is 11.7. The number of benzene rings is 1. The van der Waals surface area contributed by atoms with Crippen molar-refractivity contribution in [3.8, 4) is 17.0 Å². The third kappa shape index (κ3) is 1.93. The fourth-order valence-electron chi connectivity index (χ4n) is 1.93. The molecule has 0 atom stereocenters. The van der Waals surface area contributed by atoms with Gasteiger partial charge in [0.25, 0.3) is 5.56 Å². The summed E-state index contributed by atoms with van der Waals surface area (Å²) in [5.74, 6) is 0.990. The number of fused-ring (bicyclic) bond motifs is 1. The molecule has 0 fully saturated rings. The molecule has 3 aromatic rings. The van der Waals surface area contributed by atoms with Crippen molar-refractivity contribution in [2.75, 3.05) is 12.8 Å². The topological polar surface area (TPSA) is 85.4 Å². The number of aromatic nitrogens is 3. The molecule has 0 bridgehead atoms. The molecule has 0 amide bonds. The Balaban J connectivity index is 2.14. The van der Waals surface area contributed by atoms with Crippen LogP contribution in [0.5, 0.6) is 5.75 Å². The highest BCUT2D eigenvalue weighted by molar-refractivity contribution is 5.65. The monoisotopic (exact) mass is 256 g/mol. The minimum Gasteiger partial charge on any atom is -0.497 e. The van der Waals surface area contributed by atoms with E-state index in [1.807, 2.05) is 24.3 Å². The molecule has 6 heteroatoms. The predicted molar refractivity (Wildman–Crippen MR) is 72.2 cm³/mol. The van der Waals surface area contributed by atoms with Crippen molar-refractivity contribution in [1.82, 2.24) is 14.6 Å². The Morgan fingerprint density at radius 3 is 2.68 bits per heavy atom. The number of hydrogen-bond donors (Lipinski definition) is 2. The first-order valence-corrected chi connectivity index (χ1v) is 5.70. The Labute approximate surface area is 108 Å². The second-order valence-electron chi connectivity index (χ2n) is 4.11. The van der Waals surface area contributed by atoms with Gasteiger partial charge in [-0.2, -0.15) is 0 Å². The molecule has 0 aliphatic rings. The molecule has 6 nitrogen and oxygen atoms in total. The summed E-state index contributed by atoms with van der Waals surface area (Å²) in [4.78, 5) is 15.8. The third-order valence-corrected chi connectivity index (χ3v) is 2.87. The lowest BCUT2D eigenvalue weighted by molar-refractivity contribution is 0.415. The molecule has 0 aliphatic carbocycles. The Morgan fingerprint density at radius 1 is 1.26 bits per heavy atom. The van der Waals surface area contributed by atoms with Crippen LogP contribution in [0, 0.1) is 0 Å². The number of H-pyrrole nitrogens is 1. The van der Waals surface area contributed by atoms with Crippen LogP contribution in [0.1, 0.15) is 0 Å². The normalized spacial score (nSPS) is 10.8. The third-order valence-electron chi connectivity index (χ3n) is 2.87. The van der Waals surface area contributed by atoms with E-state index in [-0.39, 0.29) is 11.4 Å². The van der Waals surface area contributed by atoms with Gasteiger partial charge in [0.1, 0.15) is 11.6 Å². The summed E-state index contributed by atoms with van der Waals surface area (Å²) in [6.45, 7) is 0. The van der Waals surface area contributed by atoms with Gasteiger partial charge >= 0.3 is 0 Å². The van der Waals surface area contributed by atoms with Gasteiger partial charge in [-0.25, -0.2) is 9.50 Å². The number of rotatable bonds is 2. The first-order chi connectivity index (χ1) is 9.17. The van der Waals surface area contributed by atoms with Crippen LogP contribution in [-0.2, 0) is 0 Å². The average Bonchev–Trinajstić information content (AvgIpc) is 2.83. The Kier molecular flexibility index (Phi) is 2.49. The zero-order valence-electron chi connectivity index (χ0n) is 10.3. The molecule has 0 aliphatic heterocycles. The van der Waals surface area contributed by atoms with Crippen LogP contribution in [0.25, 0.3) is 16.9 Å². The molecule has 2 heterocycles. The van der Waals surface area contributed by atoms with Crippen LogP contribution in [0.4, 0.5) is 5.82 Å². The minimum absolute atomic E-state index is 0.213. The molecule has 0 saturated heterocycles. The van der Waals surface area contributed by atoms with Crippen molar-refractivity contribution < 1.29 is 4.74 Å². The maximum Gasteiger partial charge on any atom is 0.274 e. The van der Waals surface area contributed by atoms with Gasteiger partial charge in [0, 0.05) is 12.1 Å². The molecule has 0 unspecified atom stereocenters. The van der Waals surface area contributed by atoms with Gasteiger partial charge in [0.2, 0.25) is 0 Å². The first-order valence-electron chi connectivity index (χ1n) is 5.70. The van der Waals surface area contributed by atoms with Crippen LogP contribution >= 0.6 is 0 Å². The van der Waals surface area contributed by atoms with E-state index < -0.39 is 0 Å². The number of anilines is 1. The van der Waals surface area contributed by atoms with Crippen molar-refractivity contribution in [3.05, 3.63) is 46.8 Å². The number of nitrogens with one attached hydrogen (secondary N) is 1. The van der Waals surface area contributed by atoms with Crippen LogP contribution < -0.4 is 16.0 Å². The SMILES string of the molecule is COc1ccc(-c2cc3nc(N)cc(=O)n3[nH]2)cc1. The van der Waals surface area contributed by atoms with Gasteiger partial charge in [0.15, 0.2) is 5.65 Å². The number of nitrogens with two attached hydrogens (primary N) is 1. The highest BCUT2D eigenvalue weighted by Gasteiger charge is 2.06. The van der Waals surface area contributed by atoms with E-state index in [0.717, 1.165) is 17.0 Å². The highest BCUT2D eigenvalue weighted by atomic mass is 16.5. The molecule has 0 saturated carbocycles. The van der Waals surface area contributed by atoms with Gasteiger partial charge in [-0.1, -0.05) is 0 Å². The van der Waals surface area contributed by atoms with E-state index in [0.29, 0.717) is 5.65 Å². The summed E-state index contributed by atoms with van der Waals surface area (Å²) in [5, 5.41) is 2.99. The van der Waals surface area contributed by atoms with Crippen molar-refractivity contribution in [2.24, 2.45) is 0 Å². The predicted octanol–water partition coefficient (Wildman–Crippen LogP) is 1.28. The minimum atomic E-state index is -0.234. The van der Waals surface area contributed by atoms with E-state index >= 15 is 0 Å². The van der Waals surface area contributed by atoms with Crippen molar-refractivity contribution >= 4 is 11.5 Å². The number of aromatic amines is 1. The second kappa shape index (κ2) is 4.16. The molecule has 0 spiro atoms. The van der Waals surface area contributed by atoms with Crippen molar-refractivity contribution in [3.63, 3.8) is 0 Å². The summed E-state index contributed by atoms with van der Waals surface area (Å²) in [7, 11) is 1.62. The Bertz CT molecular complexity index is 787. The van der Waals surface area contributed by atoms with E-state index in [4.69, 9.17) is 10.5 Å². The first kappa shape index (κ1) is 11.3. The molecular weight excluding hydrogens is 244 g/mol. The molecule has 3 rings (SSSR count). The molecule has 2 aromatic heterocycles. The number of nitrogens with zero attached hydrogens (tertiary/aromatic N) is 2. The second-order valence-corrected chi connectivity index (χ2v) is 4.11. The summed E-state index contributed by atoms with van der Waals surface area (Å²) >= 11 is 0. The van der Waals surface area contributed by atoms with Crippen molar-refractivity contribution in [1.29, 1.82) is 0 Å². The summed E-state index contributed by atoms with van der Waals surface area (Å²) in [6, 6.07) is 10.6. The summed E-state index contributed by atoms with van der Waals surface area (Å²) in [6.07, 6.45) is 0. The fourth-order valence-corrected chi connectivity index (χ4v) is 1.93. The molecule has 1 aromatic carbocycles. The van der Waals surface area contributed by atoms with Crippen LogP contribution in [0.15, 0.2) is 41.2 Å². The van der Waals surface area contributed by atoms with E-state index in [1.165, 1.54) is 10.6 Å². The molecule has 0 radical (unpaired) electrons. The number of nitrogen functional groups attached to an aromatic ring is 1. The van der Waals surface area contributed by atoms with E-state index in [9.17, 15) is 4.79 Å². The van der Waals surface area contributed by atoms with Gasteiger partial charge < -0.3 is 10.5 Å². The number of methoxy groups -OCH3 is 1. The van der Waals surface area contributed by atoms with Gasteiger partial charge in [-0.05, 0) is 29.8 Å².